The Balaban J connectivity index is 0.00000256. The molecule has 2 aromatic heterocycles. The fraction of sp³-hybridized carbons (Fsp3) is 0.400. The minimum Gasteiger partial charge on any atom is -0.377 e. The van der Waals surface area contributed by atoms with E-state index >= 15 is 0 Å². The van der Waals surface area contributed by atoms with Crippen LogP contribution < -0.4 is 10.6 Å². The average Bonchev–Trinajstić information content (AvgIpc) is 3.41. The number of methoxy groups -OCH3 is 1. The van der Waals surface area contributed by atoms with Crippen LogP contribution in [-0.4, -0.2) is 50.7 Å². The van der Waals surface area contributed by atoms with Crippen LogP contribution in [0.2, 0.25) is 0 Å². The molecule has 1 atom stereocenters. The second kappa shape index (κ2) is 10.5. The van der Waals surface area contributed by atoms with E-state index in [1.54, 1.807) is 20.4 Å². The summed E-state index contributed by atoms with van der Waals surface area (Å²) < 4.78 is 8.98. The van der Waals surface area contributed by atoms with E-state index in [1.165, 1.54) is 0 Å². The standard InChI is InChI=1S/C20H26N8O.HI/c1-21-20(22-12-15-6-3-4-7-17(15)27-11-5-10-23-27)24-16-8-9-19-25-18(14-29-2)26-28(19)13-16;/h3-7,10-11,16H,8-9,12-14H2,1-2H3,(H2,21,22,24);1H. The number of guanidine groups is 1. The molecule has 0 saturated carbocycles. The van der Waals surface area contributed by atoms with Crippen LogP contribution in [-0.2, 0) is 30.9 Å². The molecule has 0 amide bonds. The molecule has 0 aliphatic carbocycles. The number of hydrogen-bond acceptors (Lipinski definition) is 5. The van der Waals surface area contributed by atoms with E-state index in [-0.39, 0.29) is 30.0 Å². The number of aromatic nitrogens is 5. The molecule has 1 unspecified atom stereocenters. The van der Waals surface area contributed by atoms with Gasteiger partial charge in [-0.05, 0) is 24.1 Å². The fourth-order valence-corrected chi connectivity index (χ4v) is 3.53. The Bertz CT molecular complexity index is 969. The quantitative estimate of drug-likeness (QED) is 0.292. The van der Waals surface area contributed by atoms with Crippen LogP contribution in [0.15, 0.2) is 47.7 Å². The fourth-order valence-electron chi connectivity index (χ4n) is 3.53. The Labute approximate surface area is 193 Å². The molecule has 0 bridgehead atoms. The van der Waals surface area contributed by atoms with Crippen molar-refractivity contribution in [2.75, 3.05) is 14.2 Å². The number of para-hydroxylation sites is 1. The molecule has 160 valence electrons. The number of aliphatic imine (C=N–C) groups is 1. The van der Waals surface area contributed by atoms with Crippen molar-refractivity contribution >= 4 is 29.9 Å². The molecule has 1 aromatic carbocycles. The highest BCUT2D eigenvalue weighted by Gasteiger charge is 2.22. The molecule has 9 nitrogen and oxygen atoms in total. The summed E-state index contributed by atoms with van der Waals surface area (Å²) in [6.45, 7) is 1.85. The number of benzene rings is 1. The van der Waals surface area contributed by atoms with E-state index in [0.717, 1.165) is 48.2 Å². The van der Waals surface area contributed by atoms with Gasteiger partial charge in [0.25, 0.3) is 0 Å². The first-order chi connectivity index (χ1) is 14.3. The van der Waals surface area contributed by atoms with Gasteiger partial charge in [0.1, 0.15) is 12.4 Å². The van der Waals surface area contributed by atoms with Crippen LogP contribution in [0.25, 0.3) is 5.69 Å². The third kappa shape index (κ3) is 5.17. The average molecular weight is 522 g/mol. The summed E-state index contributed by atoms with van der Waals surface area (Å²) in [6, 6.07) is 10.4. The zero-order valence-corrected chi connectivity index (χ0v) is 19.5. The Morgan fingerprint density at radius 1 is 1.30 bits per heavy atom. The molecule has 0 radical (unpaired) electrons. The van der Waals surface area contributed by atoms with E-state index in [9.17, 15) is 0 Å². The molecule has 0 spiro atoms. The number of nitrogens with zero attached hydrogens (tertiary/aromatic N) is 6. The first-order valence-corrected chi connectivity index (χ1v) is 9.73. The van der Waals surface area contributed by atoms with Gasteiger partial charge >= 0.3 is 0 Å². The van der Waals surface area contributed by atoms with Crippen LogP contribution in [0.5, 0.6) is 0 Å². The summed E-state index contributed by atoms with van der Waals surface area (Å²) in [6.07, 6.45) is 5.59. The van der Waals surface area contributed by atoms with Crippen LogP contribution >= 0.6 is 24.0 Å². The third-order valence-corrected chi connectivity index (χ3v) is 4.93. The lowest BCUT2D eigenvalue weighted by Gasteiger charge is -2.25. The van der Waals surface area contributed by atoms with Crippen LogP contribution in [0.3, 0.4) is 0 Å². The second-order valence-corrected chi connectivity index (χ2v) is 6.94. The molecule has 1 aliphatic heterocycles. The lowest BCUT2D eigenvalue weighted by molar-refractivity contribution is 0.177. The van der Waals surface area contributed by atoms with Gasteiger partial charge in [-0.3, -0.25) is 4.99 Å². The minimum absolute atomic E-state index is 0. The molecule has 10 heteroatoms. The van der Waals surface area contributed by atoms with Gasteiger partial charge in [0.05, 0.1) is 12.2 Å². The summed E-state index contributed by atoms with van der Waals surface area (Å²) in [5.74, 6) is 2.53. The van der Waals surface area contributed by atoms with Crippen LogP contribution in [0, 0.1) is 0 Å². The molecule has 0 saturated heterocycles. The van der Waals surface area contributed by atoms with Crippen molar-refractivity contribution in [2.45, 2.75) is 38.6 Å². The third-order valence-electron chi connectivity index (χ3n) is 4.93. The van der Waals surface area contributed by atoms with E-state index in [4.69, 9.17) is 4.74 Å². The lowest BCUT2D eigenvalue weighted by Crippen LogP contribution is -2.46. The molecule has 4 rings (SSSR count). The van der Waals surface area contributed by atoms with Crippen molar-refractivity contribution < 1.29 is 4.74 Å². The number of ether oxygens (including phenoxy) is 1. The molecule has 2 N–H and O–H groups in total. The van der Waals surface area contributed by atoms with Crippen molar-refractivity contribution in [1.29, 1.82) is 0 Å². The number of halogens is 1. The van der Waals surface area contributed by atoms with Gasteiger partial charge in [-0.25, -0.2) is 14.3 Å². The topological polar surface area (TPSA) is 94.2 Å². The van der Waals surface area contributed by atoms with Gasteiger partial charge < -0.3 is 15.4 Å². The molecule has 3 aromatic rings. The van der Waals surface area contributed by atoms with Gasteiger partial charge in [-0.2, -0.15) is 10.2 Å². The van der Waals surface area contributed by atoms with E-state index in [1.807, 2.05) is 33.8 Å². The van der Waals surface area contributed by atoms with Crippen LogP contribution in [0.4, 0.5) is 0 Å². The van der Waals surface area contributed by atoms with Gasteiger partial charge in [-0.15, -0.1) is 24.0 Å². The van der Waals surface area contributed by atoms with Gasteiger partial charge in [0.2, 0.25) is 0 Å². The molecule has 3 heterocycles. The molecular weight excluding hydrogens is 495 g/mol. The zero-order chi connectivity index (χ0) is 20.1. The van der Waals surface area contributed by atoms with Crippen LogP contribution in [0.1, 0.15) is 23.6 Å². The SMILES string of the molecule is CN=C(NCc1ccccc1-n1cccn1)NC1CCc2nc(COC)nn2C1.I. The van der Waals surface area contributed by atoms with E-state index in [2.05, 4.69) is 42.9 Å². The predicted octanol–water partition coefficient (Wildman–Crippen LogP) is 1.91. The van der Waals surface area contributed by atoms with Crippen molar-refractivity contribution in [3.05, 3.63) is 59.9 Å². The van der Waals surface area contributed by atoms with E-state index < -0.39 is 0 Å². The summed E-state index contributed by atoms with van der Waals surface area (Å²) >= 11 is 0. The minimum atomic E-state index is 0. The van der Waals surface area contributed by atoms with E-state index in [0.29, 0.717) is 13.2 Å². The van der Waals surface area contributed by atoms with Crippen molar-refractivity contribution in [2.24, 2.45) is 4.99 Å². The second-order valence-electron chi connectivity index (χ2n) is 6.94. The maximum Gasteiger partial charge on any atom is 0.191 e. The smallest absolute Gasteiger partial charge is 0.191 e. The highest BCUT2D eigenvalue weighted by molar-refractivity contribution is 14.0. The normalized spacial score (nSPS) is 15.9. The van der Waals surface area contributed by atoms with Crippen molar-refractivity contribution in [3.63, 3.8) is 0 Å². The molecule has 0 fully saturated rings. The number of fused-ring (bicyclic) bond motifs is 1. The first-order valence-electron chi connectivity index (χ1n) is 9.73. The highest BCUT2D eigenvalue weighted by atomic mass is 127. The van der Waals surface area contributed by atoms with Crippen molar-refractivity contribution in [1.82, 2.24) is 35.2 Å². The Morgan fingerprint density at radius 2 is 2.17 bits per heavy atom. The zero-order valence-electron chi connectivity index (χ0n) is 17.2. The number of hydrogen-bond donors (Lipinski definition) is 2. The van der Waals surface area contributed by atoms with Gasteiger partial charge in [0, 0.05) is 45.6 Å². The maximum atomic E-state index is 5.14. The summed E-state index contributed by atoms with van der Waals surface area (Å²) in [5, 5.41) is 15.8. The molecule has 1 aliphatic rings. The Hall–Kier alpha value is -2.47. The molecule has 30 heavy (non-hydrogen) atoms. The predicted molar refractivity (Wildman–Crippen MR) is 125 cm³/mol. The summed E-state index contributed by atoms with van der Waals surface area (Å²) in [4.78, 5) is 8.92. The van der Waals surface area contributed by atoms with Gasteiger partial charge in [-0.1, -0.05) is 18.2 Å². The number of aryl methyl sites for hydroxylation is 1. The highest BCUT2D eigenvalue weighted by Crippen LogP contribution is 2.15. The summed E-state index contributed by atoms with van der Waals surface area (Å²) in [5.41, 5.74) is 2.20. The Morgan fingerprint density at radius 3 is 2.93 bits per heavy atom. The Kier molecular flexibility index (Phi) is 7.80. The summed E-state index contributed by atoms with van der Waals surface area (Å²) in [7, 11) is 3.44. The van der Waals surface area contributed by atoms with Gasteiger partial charge in [0.15, 0.2) is 11.8 Å². The van der Waals surface area contributed by atoms with Crippen molar-refractivity contribution in [3.8, 4) is 5.69 Å². The number of nitrogens with one attached hydrogen (secondary N) is 2. The largest absolute Gasteiger partial charge is 0.377 e. The maximum absolute atomic E-state index is 5.14. The first kappa shape index (κ1) is 22.2. The molecular formula is C20H27IN8O. The number of rotatable bonds is 6. The lowest BCUT2D eigenvalue weighted by atomic mass is 10.1. The monoisotopic (exact) mass is 522 g/mol.